The van der Waals surface area contributed by atoms with E-state index in [-0.39, 0.29) is 0 Å². The number of hydrogen-bond acceptors (Lipinski definition) is 5. The van der Waals surface area contributed by atoms with Gasteiger partial charge < -0.3 is 10.1 Å². The number of nitrogens with zero attached hydrogens (tertiary/aromatic N) is 1. The molecule has 1 heterocycles. The lowest BCUT2D eigenvalue weighted by atomic mass is 9.91. The fourth-order valence-corrected chi connectivity index (χ4v) is 2.31. The number of methoxy groups -OCH3 is 1. The number of urea groups is 1. The summed E-state index contributed by atoms with van der Waals surface area (Å²) < 4.78 is 4.73. The number of imide groups is 1. The van der Waals surface area contributed by atoms with E-state index in [9.17, 15) is 14.4 Å². The summed E-state index contributed by atoms with van der Waals surface area (Å²) in [6, 6.07) is 6.37. The molecule has 7 nitrogen and oxygen atoms in total. The van der Waals surface area contributed by atoms with E-state index in [1.54, 1.807) is 31.2 Å². The first kappa shape index (κ1) is 15.0. The second-order valence-corrected chi connectivity index (χ2v) is 5.09. The van der Waals surface area contributed by atoms with E-state index >= 15 is 0 Å². The van der Waals surface area contributed by atoms with Gasteiger partial charge in [0.05, 0.1) is 12.7 Å². The summed E-state index contributed by atoms with van der Waals surface area (Å²) in [7, 11) is 1.31. The van der Waals surface area contributed by atoms with Gasteiger partial charge in [-0.2, -0.15) is 5.01 Å². The molecule has 3 N–H and O–H groups in total. The van der Waals surface area contributed by atoms with Crippen LogP contribution in [0.25, 0.3) is 0 Å². The number of carbonyl (C=O) groups is 3. The predicted octanol–water partition coefficient (Wildman–Crippen LogP) is 0.590. The van der Waals surface area contributed by atoms with Crippen LogP contribution in [-0.4, -0.2) is 35.6 Å². The van der Waals surface area contributed by atoms with Gasteiger partial charge in [0, 0.05) is 0 Å². The molecule has 1 aromatic carbocycles. The fraction of sp³-hybridized carbons (Fsp3) is 0.357. The Morgan fingerprint density at radius 2 is 2.05 bits per heavy atom. The Bertz CT molecular complexity index is 602. The number of nitrogens with two attached hydrogens (primary N) is 1. The van der Waals surface area contributed by atoms with Crippen LogP contribution in [0.1, 0.15) is 29.3 Å². The van der Waals surface area contributed by atoms with Gasteiger partial charge in [-0.05, 0) is 31.4 Å². The highest BCUT2D eigenvalue weighted by molar-refractivity contribution is 6.06. The molecule has 0 spiro atoms. The van der Waals surface area contributed by atoms with Gasteiger partial charge in [0.2, 0.25) is 0 Å². The molecule has 0 aromatic heterocycles. The quantitative estimate of drug-likeness (QED) is 0.366. The summed E-state index contributed by atoms with van der Waals surface area (Å²) in [4.78, 5) is 35.1. The number of carbonyl (C=O) groups excluding carboxylic acids is 3. The van der Waals surface area contributed by atoms with Crippen molar-refractivity contribution in [1.29, 1.82) is 0 Å². The minimum atomic E-state index is -1.06. The van der Waals surface area contributed by atoms with Crippen LogP contribution >= 0.6 is 0 Å². The van der Waals surface area contributed by atoms with E-state index in [2.05, 4.69) is 5.32 Å². The lowest BCUT2D eigenvalue weighted by Crippen LogP contribution is -2.45. The van der Waals surface area contributed by atoms with Gasteiger partial charge in [0.15, 0.2) is 0 Å². The second-order valence-electron chi connectivity index (χ2n) is 5.09. The number of hydrogen-bond donors (Lipinski definition) is 2. The van der Waals surface area contributed by atoms with Gasteiger partial charge in [-0.3, -0.25) is 4.79 Å². The number of esters is 1. The highest BCUT2D eigenvalue weighted by Crippen LogP contribution is 2.22. The molecule has 1 aromatic rings. The van der Waals surface area contributed by atoms with Crippen molar-refractivity contribution in [2.45, 2.75) is 25.3 Å². The number of aryl methyl sites for hydroxylation is 1. The standard InChI is InChI=1S/C14H17N3O4/c1-14(12(19)17(15)13(20)16-14)8-7-9-5-3-4-6-10(9)11(18)21-2/h3-6H,7-8,15H2,1-2H3,(H,16,20)/t14-/m0/s1. The van der Waals surface area contributed by atoms with E-state index in [4.69, 9.17) is 10.6 Å². The average molecular weight is 291 g/mol. The Morgan fingerprint density at radius 1 is 1.38 bits per heavy atom. The van der Waals surface area contributed by atoms with Gasteiger partial charge in [0.25, 0.3) is 5.91 Å². The molecule has 3 amide bonds. The van der Waals surface area contributed by atoms with Crippen molar-refractivity contribution in [3.05, 3.63) is 35.4 Å². The Morgan fingerprint density at radius 3 is 2.62 bits per heavy atom. The summed E-state index contributed by atoms with van der Waals surface area (Å²) >= 11 is 0. The zero-order valence-corrected chi connectivity index (χ0v) is 11.9. The number of hydrazine groups is 1. The first-order valence-electron chi connectivity index (χ1n) is 6.46. The molecule has 7 heteroatoms. The molecule has 0 bridgehead atoms. The molecule has 2 rings (SSSR count). The molecule has 0 radical (unpaired) electrons. The van der Waals surface area contributed by atoms with E-state index in [1.165, 1.54) is 7.11 Å². The summed E-state index contributed by atoms with van der Waals surface area (Å²) in [6.07, 6.45) is 0.765. The lowest BCUT2D eigenvalue weighted by molar-refractivity contribution is -0.131. The maximum Gasteiger partial charge on any atom is 0.339 e. The number of benzene rings is 1. The number of ether oxygens (including phenoxy) is 1. The van der Waals surface area contributed by atoms with Crippen LogP contribution in [0, 0.1) is 0 Å². The van der Waals surface area contributed by atoms with Crippen molar-refractivity contribution in [1.82, 2.24) is 10.3 Å². The Labute approximate surface area is 122 Å². The highest BCUT2D eigenvalue weighted by Gasteiger charge is 2.46. The van der Waals surface area contributed by atoms with Crippen molar-refractivity contribution in [2.75, 3.05) is 7.11 Å². The molecule has 21 heavy (non-hydrogen) atoms. The lowest BCUT2D eigenvalue weighted by Gasteiger charge is -2.21. The van der Waals surface area contributed by atoms with Gasteiger partial charge >= 0.3 is 12.0 Å². The van der Waals surface area contributed by atoms with Crippen LogP contribution < -0.4 is 11.2 Å². The highest BCUT2D eigenvalue weighted by atomic mass is 16.5. The third kappa shape index (κ3) is 2.73. The molecule has 0 saturated carbocycles. The maximum atomic E-state index is 12.0. The molecular formula is C14H17N3O4. The third-order valence-electron chi connectivity index (χ3n) is 3.61. The van der Waals surface area contributed by atoms with E-state index < -0.39 is 23.4 Å². The summed E-state index contributed by atoms with van der Waals surface area (Å²) in [5.74, 6) is 4.45. The molecular weight excluding hydrogens is 274 g/mol. The summed E-state index contributed by atoms with van der Waals surface area (Å²) in [6.45, 7) is 1.61. The molecule has 0 aliphatic carbocycles. The van der Waals surface area contributed by atoms with Crippen LogP contribution in [0.3, 0.4) is 0 Å². The van der Waals surface area contributed by atoms with Crippen LogP contribution in [0.2, 0.25) is 0 Å². The number of rotatable bonds is 4. The normalized spacial score (nSPS) is 21.4. The van der Waals surface area contributed by atoms with E-state index in [1.807, 2.05) is 0 Å². The Hall–Kier alpha value is -2.41. The van der Waals surface area contributed by atoms with Gasteiger partial charge in [-0.15, -0.1) is 0 Å². The Balaban J connectivity index is 2.16. The topological polar surface area (TPSA) is 102 Å². The largest absolute Gasteiger partial charge is 0.465 e. The average Bonchev–Trinajstić information content (AvgIpc) is 2.68. The number of nitrogens with one attached hydrogen (secondary N) is 1. The zero-order chi connectivity index (χ0) is 15.6. The van der Waals surface area contributed by atoms with Crippen LogP contribution in [-0.2, 0) is 16.0 Å². The zero-order valence-electron chi connectivity index (χ0n) is 11.9. The van der Waals surface area contributed by atoms with Crippen molar-refractivity contribution in [3.8, 4) is 0 Å². The monoisotopic (exact) mass is 291 g/mol. The molecule has 1 atom stereocenters. The molecule has 1 fully saturated rings. The van der Waals surface area contributed by atoms with Crippen LogP contribution in [0.4, 0.5) is 4.79 Å². The molecule has 1 aliphatic heterocycles. The van der Waals surface area contributed by atoms with Crippen molar-refractivity contribution >= 4 is 17.9 Å². The first-order chi connectivity index (χ1) is 9.89. The van der Waals surface area contributed by atoms with Crippen LogP contribution in [0.5, 0.6) is 0 Å². The molecule has 112 valence electrons. The summed E-state index contributed by atoms with van der Waals surface area (Å²) in [5, 5.41) is 3.13. The van der Waals surface area contributed by atoms with E-state index in [0.717, 1.165) is 5.56 Å². The number of amides is 3. The maximum absolute atomic E-state index is 12.0. The minimum absolute atomic E-state index is 0.333. The van der Waals surface area contributed by atoms with Crippen LogP contribution in [0.15, 0.2) is 24.3 Å². The minimum Gasteiger partial charge on any atom is -0.465 e. The van der Waals surface area contributed by atoms with Gasteiger partial charge in [-0.25, -0.2) is 15.4 Å². The van der Waals surface area contributed by atoms with Crippen molar-refractivity contribution in [2.24, 2.45) is 5.84 Å². The molecule has 1 aliphatic rings. The summed E-state index contributed by atoms with van der Waals surface area (Å²) in [5.41, 5.74) is 0.141. The van der Waals surface area contributed by atoms with Gasteiger partial charge in [-0.1, -0.05) is 18.2 Å². The molecule has 1 saturated heterocycles. The Kier molecular flexibility index (Phi) is 3.95. The smallest absolute Gasteiger partial charge is 0.339 e. The fourth-order valence-electron chi connectivity index (χ4n) is 2.31. The first-order valence-corrected chi connectivity index (χ1v) is 6.46. The van der Waals surface area contributed by atoms with E-state index in [0.29, 0.717) is 23.4 Å². The third-order valence-corrected chi connectivity index (χ3v) is 3.61. The van der Waals surface area contributed by atoms with Crippen molar-refractivity contribution < 1.29 is 19.1 Å². The van der Waals surface area contributed by atoms with Gasteiger partial charge in [0.1, 0.15) is 5.54 Å². The SMILES string of the molecule is COC(=O)c1ccccc1CC[C@]1(C)NC(=O)N(N)C1=O. The second kappa shape index (κ2) is 5.53. The predicted molar refractivity (Wildman–Crippen MR) is 74.1 cm³/mol. The van der Waals surface area contributed by atoms with Crippen molar-refractivity contribution in [3.63, 3.8) is 0 Å². The molecule has 0 unspecified atom stereocenters.